The minimum Gasteiger partial charge on any atom is -0.374 e. The maximum Gasteiger partial charge on any atom is 0.123 e. The highest BCUT2D eigenvalue weighted by Gasteiger charge is 2.21. The zero-order valence-corrected chi connectivity index (χ0v) is 11.7. The molecule has 110 valence electrons. The van der Waals surface area contributed by atoms with Gasteiger partial charge in [0.05, 0.1) is 12.7 Å². The summed E-state index contributed by atoms with van der Waals surface area (Å²) in [7, 11) is 0. The Morgan fingerprint density at radius 3 is 2.55 bits per heavy atom. The molecule has 0 bridgehead atoms. The number of hydrogen-bond donors (Lipinski definition) is 1. The highest BCUT2D eigenvalue weighted by Crippen LogP contribution is 2.17. The molecule has 0 radical (unpaired) electrons. The largest absolute Gasteiger partial charge is 0.374 e. The zero-order chi connectivity index (χ0) is 13.8. The molecular weight excluding hydrogens is 257 g/mol. The van der Waals surface area contributed by atoms with Crippen LogP contribution in [0.4, 0.5) is 10.1 Å². The second-order valence-corrected chi connectivity index (χ2v) is 5.46. The predicted molar refractivity (Wildman–Crippen MR) is 77.7 cm³/mol. The summed E-state index contributed by atoms with van der Waals surface area (Å²) in [5, 5.41) is 3.37. The Hall–Kier alpha value is -1.17. The molecule has 20 heavy (non-hydrogen) atoms. The van der Waals surface area contributed by atoms with E-state index in [4.69, 9.17) is 4.74 Å². The van der Waals surface area contributed by atoms with Crippen LogP contribution in [-0.4, -0.2) is 63.4 Å². The van der Waals surface area contributed by atoms with Crippen molar-refractivity contribution in [2.24, 2.45) is 0 Å². The summed E-state index contributed by atoms with van der Waals surface area (Å²) < 4.78 is 18.7. The van der Waals surface area contributed by atoms with Crippen LogP contribution in [0.25, 0.3) is 0 Å². The predicted octanol–water partition coefficient (Wildman–Crippen LogP) is 0.936. The molecule has 2 aliphatic heterocycles. The molecule has 1 aromatic rings. The number of hydrogen-bond acceptors (Lipinski definition) is 4. The van der Waals surface area contributed by atoms with Crippen molar-refractivity contribution in [3.05, 3.63) is 30.1 Å². The lowest BCUT2D eigenvalue weighted by molar-refractivity contribution is 0.00465. The highest BCUT2D eigenvalue weighted by atomic mass is 19.1. The minimum atomic E-state index is -0.172. The number of piperazine rings is 1. The summed E-state index contributed by atoms with van der Waals surface area (Å²) in [6, 6.07) is 6.78. The lowest BCUT2D eigenvalue weighted by atomic mass is 10.2. The maximum absolute atomic E-state index is 12.9. The summed E-state index contributed by atoms with van der Waals surface area (Å²) in [6.45, 7) is 7.81. The molecule has 2 aliphatic rings. The molecule has 0 aliphatic carbocycles. The van der Waals surface area contributed by atoms with Gasteiger partial charge in [0.1, 0.15) is 5.82 Å². The van der Waals surface area contributed by atoms with Crippen LogP contribution in [0.15, 0.2) is 24.3 Å². The molecule has 3 rings (SSSR count). The van der Waals surface area contributed by atoms with E-state index in [1.807, 2.05) is 12.1 Å². The van der Waals surface area contributed by atoms with Gasteiger partial charge >= 0.3 is 0 Å². The fourth-order valence-electron chi connectivity index (χ4n) is 2.87. The Morgan fingerprint density at radius 1 is 1.15 bits per heavy atom. The minimum absolute atomic E-state index is 0.172. The molecule has 2 saturated heterocycles. The molecule has 0 aromatic heterocycles. The highest BCUT2D eigenvalue weighted by molar-refractivity contribution is 5.46. The van der Waals surface area contributed by atoms with Crippen LogP contribution >= 0.6 is 0 Å². The number of anilines is 1. The van der Waals surface area contributed by atoms with Gasteiger partial charge in [0.25, 0.3) is 0 Å². The van der Waals surface area contributed by atoms with Crippen LogP contribution in [0, 0.1) is 5.82 Å². The molecule has 2 heterocycles. The van der Waals surface area contributed by atoms with Gasteiger partial charge in [-0.05, 0) is 24.3 Å². The van der Waals surface area contributed by atoms with Gasteiger partial charge in [-0.25, -0.2) is 4.39 Å². The lowest BCUT2D eigenvalue weighted by Gasteiger charge is -2.38. The van der Waals surface area contributed by atoms with E-state index in [9.17, 15) is 4.39 Å². The van der Waals surface area contributed by atoms with Crippen molar-refractivity contribution >= 4 is 5.69 Å². The normalized spacial score (nSPS) is 24.9. The van der Waals surface area contributed by atoms with Crippen LogP contribution in [-0.2, 0) is 4.74 Å². The van der Waals surface area contributed by atoms with Gasteiger partial charge in [0.15, 0.2) is 0 Å². The molecular formula is C15H22FN3O. The number of rotatable bonds is 3. The van der Waals surface area contributed by atoms with E-state index in [2.05, 4.69) is 15.1 Å². The molecule has 1 N–H and O–H groups in total. The van der Waals surface area contributed by atoms with Crippen molar-refractivity contribution in [2.45, 2.75) is 6.10 Å². The second-order valence-electron chi connectivity index (χ2n) is 5.46. The molecule has 0 spiro atoms. The summed E-state index contributed by atoms with van der Waals surface area (Å²) in [4.78, 5) is 4.77. The van der Waals surface area contributed by atoms with Crippen molar-refractivity contribution < 1.29 is 9.13 Å². The molecule has 1 atom stereocenters. The van der Waals surface area contributed by atoms with Gasteiger partial charge in [-0.1, -0.05) is 0 Å². The summed E-state index contributed by atoms with van der Waals surface area (Å²) >= 11 is 0. The van der Waals surface area contributed by atoms with E-state index < -0.39 is 0 Å². The van der Waals surface area contributed by atoms with E-state index in [0.717, 1.165) is 58.1 Å². The van der Waals surface area contributed by atoms with Crippen LogP contribution in [0.2, 0.25) is 0 Å². The third kappa shape index (κ3) is 3.48. The zero-order valence-electron chi connectivity index (χ0n) is 11.7. The fourth-order valence-corrected chi connectivity index (χ4v) is 2.87. The first-order chi connectivity index (χ1) is 9.81. The van der Waals surface area contributed by atoms with E-state index in [0.29, 0.717) is 6.10 Å². The topological polar surface area (TPSA) is 27.7 Å². The molecule has 4 nitrogen and oxygen atoms in total. The maximum atomic E-state index is 12.9. The van der Waals surface area contributed by atoms with Crippen LogP contribution in [0.1, 0.15) is 0 Å². The Balaban J connectivity index is 1.47. The fraction of sp³-hybridized carbons (Fsp3) is 0.600. The first-order valence-electron chi connectivity index (χ1n) is 7.36. The average Bonchev–Trinajstić information content (AvgIpc) is 2.50. The van der Waals surface area contributed by atoms with Crippen molar-refractivity contribution in [2.75, 3.05) is 57.3 Å². The molecule has 0 unspecified atom stereocenters. The molecule has 0 amide bonds. The Morgan fingerprint density at radius 2 is 1.90 bits per heavy atom. The summed E-state index contributed by atoms with van der Waals surface area (Å²) in [5.41, 5.74) is 1.11. The average molecular weight is 279 g/mol. The molecule has 2 fully saturated rings. The molecule has 0 saturated carbocycles. The first kappa shape index (κ1) is 13.8. The quantitative estimate of drug-likeness (QED) is 0.891. The van der Waals surface area contributed by atoms with Crippen LogP contribution < -0.4 is 10.2 Å². The Kier molecular flexibility index (Phi) is 4.50. The van der Waals surface area contributed by atoms with Crippen LogP contribution in [0.5, 0.6) is 0 Å². The standard InChI is InChI=1S/C15H22FN3O/c16-13-1-3-14(4-2-13)19-8-6-18(7-9-19)12-15-11-17-5-10-20-15/h1-4,15,17H,5-12H2/t15-/m0/s1. The summed E-state index contributed by atoms with van der Waals surface area (Å²) in [5.74, 6) is -0.172. The van der Waals surface area contributed by atoms with Gasteiger partial charge in [-0.3, -0.25) is 4.90 Å². The third-order valence-corrected chi connectivity index (χ3v) is 4.03. The number of halogens is 1. The van der Waals surface area contributed by atoms with Gasteiger partial charge in [-0.2, -0.15) is 0 Å². The smallest absolute Gasteiger partial charge is 0.123 e. The Bertz CT molecular complexity index is 412. The summed E-state index contributed by atoms with van der Waals surface area (Å²) in [6.07, 6.45) is 0.320. The van der Waals surface area contributed by atoms with Gasteiger partial charge in [0, 0.05) is 51.5 Å². The van der Waals surface area contributed by atoms with Crippen molar-refractivity contribution in [1.82, 2.24) is 10.2 Å². The van der Waals surface area contributed by atoms with Gasteiger partial charge in [0.2, 0.25) is 0 Å². The van der Waals surface area contributed by atoms with Crippen molar-refractivity contribution in [3.8, 4) is 0 Å². The molecule has 5 heteroatoms. The second kappa shape index (κ2) is 6.52. The number of nitrogens with zero attached hydrogens (tertiary/aromatic N) is 2. The number of nitrogens with one attached hydrogen (secondary N) is 1. The van der Waals surface area contributed by atoms with E-state index in [1.165, 1.54) is 12.1 Å². The Labute approximate surface area is 119 Å². The van der Waals surface area contributed by atoms with Crippen molar-refractivity contribution in [1.29, 1.82) is 0 Å². The first-order valence-corrected chi connectivity index (χ1v) is 7.36. The van der Waals surface area contributed by atoms with Gasteiger partial charge < -0.3 is 15.0 Å². The number of morpholine rings is 1. The van der Waals surface area contributed by atoms with E-state index >= 15 is 0 Å². The van der Waals surface area contributed by atoms with Crippen molar-refractivity contribution in [3.63, 3.8) is 0 Å². The number of ether oxygens (including phenoxy) is 1. The van der Waals surface area contributed by atoms with Gasteiger partial charge in [-0.15, -0.1) is 0 Å². The monoisotopic (exact) mass is 279 g/mol. The molecule has 1 aromatic carbocycles. The van der Waals surface area contributed by atoms with Crippen LogP contribution in [0.3, 0.4) is 0 Å². The lowest BCUT2D eigenvalue weighted by Crippen LogP contribution is -2.51. The third-order valence-electron chi connectivity index (χ3n) is 4.03. The number of benzene rings is 1. The van der Waals surface area contributed by atoms with E-state index in [-0.39, 0.29) is 5.82 Å². The van der Waals surface area contributed by atoms with E-state index in [1.54, 1.807) is 0 Å². The SMILES string of the molecule is Fc1ccc(N2CCN(C[C@@H]3CNCCO3)CC2)cc1.